The van der Waals surface area contributed by atoms with Gasteiger partial charge in [-0.2, -0.15) is 0 Å². The molecule has 0 bridgehead atoms. The molecule has 0 heterocycles. The summed E-state index contributed by atoms with van der Waals surface area (Å²) in [5.74, 6) is 0. The van der Waals surface area contributed by atoms with Crippen LogP contribution in [0.1, 0.15) is 18.9 Å². The SMILES string of the molecule is COC(CC(C)(O)Cc1ccc(Br)cc1Cl)OC. The molecule has 0 aliphatic rings. The van der Waals surface area contributed by atoms with Gasteiger partial charge in [0.1, 0.15) is 0 Å². The summed E-state index contributed by atoms with van der Waals surface area (Å²) in [6.45, 7) is 1.75. The average molecular weight is 338 g/mol. The van der Waals surface area contributed by atoms with Crippen LogP contribution in [0.5, 0.6) is 0 Å². The molecule has 0 aliphatic heterocycles. The van der Waals surface area contributed by atoms with Crippen molar-refractivity contribution < 1.29 is 14.6 Å². The highest BCUT2D eigenvalue weighted by Gasteiger charge is 2.26. The summed E-state index contributed by atoms with van der Waals surface area (Å²) in [7, 11) is 3.10. The summed E-state index contributed by atoms with van der Waals surface area (Å²) >= 11 is 9.49. The number of benzene rings is 1. The largest absolute Gasteiger partial charge is 0.390 e. The molecule has 0 aliphatic carbocycles. The van der Waals surface area contributed by atoms with Crippen molar-refractivity contribution in [2.45, 2.75) is 31.7 Å². The van der Waals surface area contributed by atoms with Gasteiger partial charge in [0.25, 0.3) is 0 Å². The molecular formula is C13H18BrClO3. The molecule has 102 valence electrons. The molecule has 0 saturated heterocycles. The second kappa shape index (κ2) is 6.87. The molecule has 0 radical (unpaired) electrons. The maximum absolute atomic E-state index is 10.4. The molecule has 1 aromatic carbocycles. The highest BCUT2D eigenvalue weighted by Crippen LogP contribution is 2.27. The van der Waals surface area contributed by atoms with Crippen LogP contribution in [-0.2, 0) is 15.9 Å². The lowest BCUT2D eigenvalue weighted by atomic mass is 9.93. The number of aliphatic hydroxyl groups is 1. The van der Waals surface area contributed by atoms with Crippen molar-refractivity contribution in [1.29, 1.82) is 0 Å². The Morgan fingerprint density at radius 3 is 2.50 bits per heavy atom. The van der Waals surface area contributed by atoms with E-state index in [0.717, 1.165) is 10.0 Å². The molecule has 1 atom stereocenters. The van der Waals surface area contributed by atoms with Crippen molar-refractivity contribution in [3.8, 4) is 0 Å². The van der Waals surface area contributed by atoms with E-state index in [0.29, 0.717) is 17.9 Å². The van der Waals surface area contributed by atoms with Crippen LogP contribution in [0.2, 0.25) is 5.02 Å². The third-order valence-corrected chi connectivity index (χ3v) is 3.56. The van der Waals surface area contributed by atoms with Crippen molar-refractivity contribution in [3.63, 3.8) is 0 Å². The minimum absolute atomic E-state index is 0.381. The summed E-state index contributed by atoms with van der Waals surface area (Å²) in [4.78, 5) is 0. The van der Waals surface area contributed by atoms with E-state index in [4.69, 9.17) is 21.1 Å². The standard InChI is InChI=1S/C13H18BrClO3/c1-13(16,8-12(17-2)18-3)7-9-4-5-10(14)6-11(9)15/h4-6,12,16H,7-8H2,1-3H3. The lowest BCUT2D eigenvalue weighted by molar-refractivity contribution is -0.139. The van der Waals surface area contributed by atoms with Crippen molar-refractivity contribution in [1.82, 2.24) is 0 Å². The summed E-state index contributed by atoms with van der Waals surface area (Å²) in [6, 6.07) is 5.62. The van der Waals surface area contributed by atoms with Gasteiger partial charge in [-0.15, -0.1) is 0 Å². The zero-order valence-electron chi connectivity index (χ0n) is 10.7. The Morgan fingerprint density at radius 1 is 1.39 bits per heavy atom. The van der Waals surface area contributed by atoms with Crippen molar-refractivity contribution in [2.75, 3.05) is 14.2 Å². The molecule has 3 nitrogen and oxygen atoms in total. The van der Waals surface area contributed by atoms with Gasteiger partial charge in [0.05, 0.1) is 5.60 Å². The highest BCUT2D eigenvalue weighted by molar-refractivity contribution is 9.10. The van der Waals surface area contributed by atoms with Crippen LogP contribution in [-0.4, -0.2) is 31.2 Å². The zero-order valence-corrected chi connectivity index (χ0v) is 13.1. The first-order chi connectivity index (χ1) is 8.38. The van der Waals surface area contributed by atoms with E-state index in [-0.39, 0.29) is 0 Å². The number of hydrogen-bond donors (Lipinski definition) is 1. The first kappa shape index (κ1) is 15.9. The number of halogens is 2. The van der Waals surface area contributed by atoms with Crippen molar-refractivity contribution in [2.24, 2.45) is 0 Å². The van der Waals surface area contributed by atoms with E-state index in [1.54, 1.807) is 21.1 Å². The maximum atomic E-state index is 10.4. The van der Waals surface area contributed by atoms with Gasteiger partial charge < -0.3 is 14.6 Å². The fourth-order valence-corrected chi connectivity index (χ4v) is 2.51. The Hall–Kier alpha value is -0.130. The van der Waals surface area contributed by atoms with Gasteiger partial charge in [-0.1, -0.05) is 33.6 Å². The van der Waals surface area contributed by atoms with Gasteiger partial charge in [-0.25, -0.2) is 0 Å². The second-order valence-electron chi connectivity index (χ2n) is 4.51. The van der Waals surface area contributed by atoms with Crippen LogP contribution >= 0.6 is 27.5 Å². The van der Waals surface area contributed by atoms with E-state index < -0.39 is 11.9 Å². The quantitative estimate of drug-likeness (QED) is 0.809. The van der Waals surface area contributed by atoms with Crippen LogP contribution in [0.25, 0.3) is 0 Å². The highest BCUT2D eigenvalue weighted by atomic mass is 79.9. The summed E-state index contributed by atoms with van der Waals surface area (Å²) in [6.07, 6.45) is 0.406. The van der Waals surface area contributed by atoms with E-state index in [1.165, 1.54) is 0 Å². The molecule has 5 heteroatoms. The van der Waals surface area contributed by atoms with Gasteiger partial charge in [0.2, 0.25) is 0 Å². The molecule has 1 rings (SSSR count). The van der Waals surface area contributed by atoms with E-state index >= 15 is 0 Å². The molecule has 0 amide bonds. The Bertz CT molecular complexity index is 392. The predicted octanol–water partition coefficient (Wildman–Crippen LogP) is 3.41. The molecule has 1 N–H and O–H groups in total. The lowest BCUT2D eigenvalue weighted by Gasteiger charge is -2.27. The number of rotatable bonds is 6. The van der Waals surface area contributed by atoms with Crippen LogP contribution in [0.3, 0.4) is 0 Å². The maximum Gasteiger partial charge on any atom is 0.159 e. The summed E-state index contributed by atoms with van der Waals surface area (Å²) in [5, 5.41) is 11.0. The zero-order chi connectivity index (χ0) is 13.8. The molecule has 1 unspecified atom stereocenters. The fraction of sp³-hybridized carbons (Fsp3) is 0.538. The Kier molecular flexibility index (Phi) is 6.08. The Morgan fingerprint density at radius 2 is 2.00 bits per heavy atom. The molecule has 0 aromatic heterocycles. The van der Waals surface area contributed by atoms with Gasteiger partial charge in [0, 0.05) is 36.6 Å². The minimum Gasteiger partial charge on any atom is -0.390 e. The van der Waals surface area contributed by atoms with Crippen LogP contribution in [0, 0.1) is 0 Å². The Labute approximate surface area is 121 Å². The fourth-order valence-electron chi connectivity index (χ4n) is 1.77. The van der Waals surface area contributed by atoms with Crippen LogP contribution < -0.4 is 0 Å². The van der Waals surface area contributed by atoms with E-state index in [9.17, 15) is 5.11 Å². The number of hydrogen-bond acceptors (Lipinski definition) is 3. The van der Waals surface area contributed by atoms with Gasteiger partial charge in [0.15, 0.2) is 6.29 Å². The normalized spacial score (nSPS) is 14.8. The average Bonchev–Trinajstić information content (AvgIpc) is 2.30. The first-order valence-corrected chi connectivity index (χ1v) is 6.77. The molecule has 18 heavy (non-hydrogen) atoms. The van der Waals surface area contributed by atoms with E-state index in [1.807, 2.05) is 18.2 Å². The minimum atomic E-state index is -0.936. The predicted molar refractivity (Wildman–Crippen MR) is 75.9 cm³/mol. The van der Waals surface area contributed by atoms with Crippen molar-refractivity contribution >= 4 is 27.5 Å². The first-order valence-electron chi connectivity index (χ1n) is 5.60. The van der Waals surface area contributed by atoms with Crippen LogP contribution in [0.15, 0.2) is 22.7 Å². The third-order valence-electron chi connectivity index (χ3n) is 2.72. The molecule has 0 fully saturated rings. The summed E-state index contributed by atoms with van der Waals surface area (Å²) < 4.78 is 11.1. The lowest BCUT2D eigenvalue weighted by Crippen LogP contribution is -2.34. The number of methoxy groups -OCH3 is 2. The monoisotopic (exact) mass is 336 g/mol. The molecule has 1 aromatic rings. The molecular weight excluding hydrogens is 319 g/mol. The van der Waals surface area contributed by atoms with Gasteiger partial charge >= 0.3 is 0 Å². The molecule has 0 saturated carbocycles. The van der Waals surface area contributed by atoms with Crippen molar-refractivity contribution in [3.05, 3.63) is 33.3 Å². The Balaban J connectivity index is 2.75. The third kappa shape index (κ3) is 4.86. The van der Waals surface area contributed by atoms with Gasteiger partial charge in [-0.3, -0.25) is 0 Å². The van der Waals surface area contributed by atoms with Gasteiger partial charge in [-0.05, 0) is 24.6 Å². The smallest absolute Gasteiger partial charge is 0.159 e. The van der Waals surface area contributed by atoms with Crippen LogP contribution in [0.4, 0.5) is 0 Å². The van der Waals surface area contributed by atoms with E-state index in [2.05, 4.69) is 15.9 Å². The summed E-state index contributed by atoms with van der Waals surface area (Å²) in [5.41, 5.74) is -0.0374. The number of ether oxygens (including phenoxy) is 2. The molecule has 0 spiro atoms. The topological polar surface area (TPSA) is 38.7 Å². The second-order valence-corrected chi connectivity index (χ2v) is 5.84.